The molecule has 0 saturated carbocycles. The molecule has 2 aromatic heterocycles. The van der Waals surface area contributed by atoms with Crippen LogP contribution >= 0.6 is 0 Å². The van der Waals surface area contributed by atoms with Gasteiger partial charge >= 0.3 is 0 Å². The molecule has 0 atom stereocenters. The number of hydrogen-bond donors (Lipinski definition) is 2. The van der Waals surface area contributed by atoms with E-state index >= 15 is 0 Å². The van der Waals surface area contributed by atoms with Gasteiger partial charge in [0.15, 0.2) is 0 Å². The maximum Gasteiger partial charge on any atom is 0.229 e. The normalized spacial score (nSPS) is 10.1. The van der Waals surface area contributed by atoms with Crippen LogP contribution in [0.5, 0.6) is 0 Å². The summed E-state index contributed by atoms with van der Waals surface area (Å²) >= 11 is 0. The van der Waals surface area contributed by atoms with Crippen molar-refractivity contribution in [3.05, 3.63) is 66.6 Å². The third-order valence-electron chi connectivity index (χ3n) is 2.88. The zero-order chi connectivity index (χ0) is 14.5. The molecule has 0 radical (unpaired) electrons. The molecule has 5 nitrogen and oxygen atoms in total. The molecule has 5 heteroatoms. The molecular formula is C16H15N5. The molecule has 0 aliphatic carbocycles. The van der Waals surface area contributed by atoms with Gasteiger partial charge in [-0.25, -0.2) is 4.98 Å². The topological polar surface area (TPSA) is 62.7 Å². The molecule has 2 N–H and O–H groups in total. The number of pyridine rings is 1. The zero-order valence-corrected chi connectivity index (χ0v) is 11.6. The van der Waals surface area contributed by atoms with E-state index < -0.39 is 0 Å². The van der Waals surface area contributed by atoms with Gasteiger partial charge in [0.1, 0.15) is 5.82 Å². The molecule has 3 aromatic rings. The number of hydrogen-bond acceptors (Lipinski definition) is 5. The third-order valence-corrected chi connectivity index (χ3v) is 2.88. The van der Waals surface area contributed by atoms with E-state index in [1.165, 1.54) is 5.56 Å². The Hall–Kier alpha value is -2.95. The van der Waals surface area contributed by atoms with Gasteiger partial charge in [0, 0.05) is 30.0 Å². The highest BCUT2D eigenvalue weighted by Crippen LogP contribution is 2.17. The third kappa shape index (κ3) is 3.54. The first-order valence-corrected chi connectivity index (χ1v) is 6.63. The average molecular weight is 277 g/mol. The summed E-state index contributed by atoms with van der Waals surface area (Å²) in [5, 5.41) is 6.41. The molecule has 0 unspecified atom stereocenters. The lowest BCUT2D eigenvalue weighted by Gasteiger charge is -2.08. The van der Waals surface area contributed by atoms with Crippen molar-refractivity contribution in [2.45, 2.75) is 6.92 Å². The van der Waals surface area contributed by atoms with Crippen molar-refractivity contribution in [2.24, 2.45) is 0 Å². The molecule has 104 valence electrons. The summed E-state index contributed by atoms with van der Waals surface area (Å²) < 4.78 is 0. The Labute approximate surface area is 123 Å². The van der Waals surface area contributed by atoms with E-state index in [9.17, 15) is 0 Å². The van der Waals surface area contributed by atoms with Crippen molar-refractivity contribution >= 4 is 23.1 Å². The molecule has 1 aromatic carbocycles. The smallest absolute Gasteiger partial charge is 0.229 e. The van der Waals surface area contributed by atoms with Crippen molar-refractivity contribution in [3.8, 4) is 0 Å². The predicted octanol–water partition coefficient (Wildman–Crippen LogP) is 3.67. The second kappa shape index (κ2) is 6.00. The van der Waals surface area contributed by atoms with Crippen LogP contribution in [0.25, 0.3) is 0 Å². The lowest BCUT2D eigenvalue weighted by atomic mass is 10.2. The molecule has 0 bridgehead atoms. The van der Waals surface area contributed by atoms with Gasteiger partial charge in [-0.15, -0.1) is 0 Å². The maximum atomic E-state index is 4.44. The van der Waals surface area contributed by atoms with Crippen LogP contribution in [0.4, 0.5) is 23.1 Å². The van der Waals surface area contributed by atoms with E-state index in [4.69, 9.17) is 0 Å². The molecular weight excluding hydrogens is 262 g/mol. The van der Waals surface area contributed by atoms with Gasteiger partial charge in [-0.05, 0) is 42.8 Å². The minimum absolute atomic E-state index is 0.555. The minimum Gasteiger partial charge on any atom is -0.340 e. The standard InChI is InChI=1S/C16H15N5/c1-12-3-2-4-14(11-12)20-16-18-10-7-15(21-16)19-13-5-8-17-9-6-13/h2-11H,1H3,(H2,17,18,19,20,21). The molecule has 0 fully saturated rings. The van der Waals surface area contributed by atoms with Crippen molar-refractivity contribution in [1.82, 2.24) is 15.0 Å². The van der Waals surface area contributed by atoms with Crippen molar-refractivity contribution in [1.29, 1.82) is 0 Å². The summed E-state index contributed by atoms with van der Waals surface area (Å²) in [6.45, 7) is 2.05. The fourth-order valence-electron chi connectivity index (χ4n) is 1.92. The molecule has 0 amide bonds. The van der Waals surface area contributed by atoms with Gasteiger partial charge in [0.2, 0.25) is 5.95 Å². The van der Waals surface area contributed by atoms with Crippen molar-refractivity contribution in [2.75, 3.05) is 10.6 Å². The lowest BCUT2D eigenvalue weighted by molar-refractivity contribution is 1.16. The Kier molecular flexibility index (Phi) is 3.73. The summed E-state index contributed by atoms with van der Waals surface area (Å²) in [6.07, 6.45) is 5.18. The molecule has 0 spiro atoms. The second-order valence-electron chi connectivity index (χ2n) is 4.62. The summed E-state index contributed by atoms with van der Waals surface area (Å²) in [6, 6.07) is 13.7. The number of anilines is 4. The van der Waals surface area contributed by atoms with Gasteiger partial charge < -0.3 is 10.6 Å². The summed E-state index contributed by atoms with van der Waals surface area (Å²) in [5.41, 5.74) is 3.09. The van der Waals surface area contributed by atoms with Crippen molar-refractivity contribution < 1.29 is 0 Å². The number of rotatable bonds is 4. The van der Waals surface area contributed by atoms with Crippen LogP contribution < -0.4 is 10.6 Å². The predicted molar refractivity (Wildman–Crippen MR) is 84.0 cm³/mol. The SMILES string of the molecule is Cc1cccc(Nc2nccc(Nc3ccncc3)n2)c1. The number of aromatic nitrogens is 3. The fraction of sp³-hybridized carbons (Fsp3) is 0.0625. The maximum absolute atomic E-state index is 4.44. The molecule has 2 heterocycles. The highest BCUT2D eigenvalue weighted by atomic mass is 15.1. The Morgan fingerprint density at radius 1 is 0.857 bits per heavy atom. The first kappa shape index (κ1) is 13.1. The van der Waals surface area contributed by atoms with E-state index in [0.29, 0.717) is 5.95 Å². The van der Waals surface area contributed by atoms with Crippen LogP contribution in [0, 0.1) is 6.92 Å². The fourth-order valence-corrected chi connectivity index (χ4v) is 1.92. The van der Waals surface area contributed by atoms with Gasteiger partial charge in [0.25, 0.3) is 0 Å². The summed E-state index contributed by atoms with van der Waals surface area (Å²) in [4.78, 5) is 12.7. The van der Waals surface area contributed by atoms with Crippen LogP contribution in [-0.4, -0.2) is 15.0 Å². The lowest BCUT2D eigenvalue weighted by Crippen LogP contribution is -2.00. The van der Waals surface area contributed by atoms with Crippen LogP contribution in [0.15, 0.2) is 61.1 Å². The number of nitrogens with one attached hydrogen (secondary N) is 2. The van der Waals surface area contributed by atoms with Gasteiger partial charge in [0.05, 0.1) is 0 Å². The Balaban J connectivity index is 1.77. The first-order chi connectivity index (χ1) is 10.3. The molecule has 21 heavy (non-hydrogen) atoms. The molecule has 0 saturated heterocycles. The average Bonchev–Trinajstić information content (AvgIpc) is 2.49. The highest BCUT2D eigenvalue weighted by molar-refractivity contribution is 5.59. The van der Waals surface area contributed by atoms with Crippen LogP contribution in [-0.2, 0) is 0 Å². The van der Waals surface area contributed by atoms with Gasteiger partial charge in [-0.1, -0.05) is 12.1 Å². The summed E-state index contributed by atoms with van der Waals surface area (Å²) in [5.74, 6) is 1.28. The minimum atomic E-state index is 0.555. The Morgan fingerprint density at radius 2 is 1.71 bits per heavy atom. The van der Waals surface area contributed by atoms with E-state index in [-0.39, 0.29) is 0 Å². The van der Waals surface area contributed by atoms with E-state index in [1.807, 2.05) is 49.4 Å². The van der Waals surface area contributed by atoms with Gasteiger partial charge in [-0.2, -0.15) is 4.98 Å². The van der Waals surface area contributed by atoms with Crippen LogP contribution in [0.1, 0.15) is 5.56 Å². The van der Waals surface area contributed by atoms with Crippen LogP contribution in [0.2, 0.25) is 0 Å². The monoisotopic (exact) mass is 277 g/mol. The van der Waals surface area contributed by atoms with E-state index in [2.05, 4.69) is 25.6 Å². The molecule has 3 rings (SSSR count). The second-order valence-corrected chi connectivity index (χ2v) is 4.62. The van der Waals surface area contributed by atoms with Crippen molar-refractivity contribution in [3.63, 3.8) is 0 Å². The first-order valence-electron chi connectivity index (χ1n) is 6.63. The number of nitrogens with zero attached hydrogens (tertiary/aromatic N) is 3. The largest absolute Gasteiger partial charge is 0.340 e. The van der Waals surface area contributed by atoms with Crippen LogP contribution in [0.3, 0.4) is 0 Å². The highest BCUT2D eigenvalue weighted by Gasteiger charge is 2.01. The Bertz CT molecular complexity index is 727. The number of benzene rings is 1. The van der Waals surface area contributed by atoms with E-state index in [0.717, 1.165) is 17.2 Å². The quantitative estimate of drug-likeness (QED) is 0.762. The van der Waals surface area contributed by atoms with E-state index in [1.54, 1.807) is 18.6 Å². The van der Waals surface area contributed by atoms with Gasteiger partial charge in [-0.3, -0.25) is 4.98 Å². The number of aryl methyl sites for hydroxylation is 1. The summed E-state index contributed by atoms with van der Waals surface area (Å²) in [7, 11) is 0. The molecule has 0 aliphatic rings. The molecule has 0 aliphatic heterocycles. The zero-order valence-electron chi connectivity index (χ0n) is 11.6. The Morgan fingerprint density at radius 3 is 2.52 bits per heavy atom.